The first kappa shape index (κ1) is 13.9. The maximum absolute atomic E-state index is 9.59. The number of hydrogen-bond donors (Lipinski definition) is 2. The minimum atomic E-state index is -0.336. The van der Waals surface area contributed by atoms with E-state index in [-0.39, 0.29) is 12.1 Å². The lowest BCUT2D eigenvalue weighted by Gasteiger charge is -2.29. The Kier molecular flexibility index (Phi) is 3.99. The van der Waals surface area contributed by atoms with E-state index in [0.29, 0.717) is 12.6 Å². The normalized spacial score (nSPS) is 21.1. The molecule has 1 atom stereocenters. The third-order valence-corrected chi connectivity index (χ3v) is 4.36. The van der Waals surface area contributed by atoms with Crippen molar-refractivity contribution in [1.29, 1.82) is 0 Å². The first-order chi connectivity index (χ1) is 9.68. The molecule has 0 spiro atoms. The van der Waals surface area contributed by atoms with Gasteiger partial charge in [-0.1, -0.05) is 6.07 Å². The lowest BCUT2D eigenvalue weighted by atomic mass is 9.92. The van der Waals surface area contributed by atoms with Crippen LogP contribution in [-0.2, 0) is 12.8 Å². The van der Waals surface area contributed by atoms with Crippen LogP contribution in [0.2, 0.25) is 0 Å². The third-order valence-electron chi connectivity index (χ3n) is 4.36. The third kappa shape index (κ3) is 3.33. The van der Waals surface area contributed by atoms with E-state index in [1.54, 1.807) is 0 Å². The molecule has 2 N–H and O–H groups in total. The first-order valence-corrected chi connectivity index (χ1v) is 7.82. The topological polar surface area (TPSA) is 41.5 Å². The van der Waals surface area contributed by atoms with Gasteiger partial charge >= 0.3 is 0 Å². The maximum atomic E-state index is 9.59. The minimum absolute atomic E-state index is 0.106. The largest absolute Gasteiger partial charge is 0.492 e. The molecule has 110 valence electrons. The Hall–Kier alpha value is -1.06. The van der Waals surface area contributed by atoms with E-state index in [1.165, 1.54) is 49.7 Å². The molecule has 1 unspecified atom stereocenters. The second kappa shape index (κ2) is 5.74. The van der Waals surface area contributed by atoms with Gasteiger partial charge in [0.05, 0.1) is 12.1 Å². The van der Waals surface area contributed by atoms with Crippen LogP contribution >= 0.6 is 0 Å². The number of rotatable bonds is 6. The zero-order valence-corrected chi connectivity index (χ0v) is 12.3. The standard InChI is InChI=1S/C17H25NO2/c1-17(11-19,18-15-7-8-15)12-20-16-9-6-13-4-2-3-5-14(13)10-16/h6,9-10,15,18-19H,2-5,7-8,11-12H2,1H3. The van der Waals surface area contributed by atoms with Gasteiger partial charge in [0.1, 0.15) is 12.4 Å². The number of hydrogen-bond acceptors (Lipinski definition) is 3. The van der Waals surface area contributed by atoms with E-state index in [9.17, 15) is 5.11 Å². The Morgan fingerprint density at radius 1 is 1.25 bits per heavy atom. The minimum Gasteiger partial charge on any atom is -0.492 e. The highest BCUT2D eigenvalue weighted by Gasteiger charge is 2.32. The van der Waals surface area contributed by atoms with Gasteiger partial charge in [-0.25, -0.2) is 0 Å². The number of fused-ring (bicyclic) bond motifs is 1. The van der Waals surface area contributed by atoms with Gasteiger partial charge in [0.15, 0.2) is 0 Å². The van der Waals surface area contributed by atoms with Crippen molar-refractivity contribution in [2.45, 2.75) is 57.0 Å². The summed E-state index contributed by atoms with van der Waals surface area (Å²) < 4.78 is 5.93. The van der Waals surface area contributed by atoms with Crippen molar-refractivity contribution in [2.24, 2.45) is 0 Å². The highest BCUT2D eigenvalue weighted by atomic mass is 16.5. The number of nitrogens with one attached hydrogen (secondary N) is 1. The quantitative estimate of drug-likeness (QED) is 0.838. The van der Waals surface area contributed by atoms with Crippen molar-refractivity contribution >= 4 is 0 Å². The van der Waals surface area contributed by atoms with Gasteiger partial charge in [-0.15, -0.1) is 0 Å². The lowest BCUT2D eigenvalue weighted by Crippen LogP contribution is -2.51. The van der Waals surface area contributed by atoms with Crippen LogP contribution in [0.1, 0.15) is 43.7 Å². The first-order valence-electron chi connectivity index (χ1n) is 7.82. The molecule has 1 fully saturated rings. The summed E-state index contributed by atoms with van der Waals surface area (Å²) in [5, 5.41) is 13.1. The molecule has 0 heterocycles. The van der Waals surface area contributed by atoms with Crippen LogP contribution in [0, 0.1) is 0 Å². The van der Waals surface area contributed by atoms with Crippen LogP contribution in [0.4, 0.5) is 0 Å². The van der Waals surface area contributed by atoms with Gasteiger partial charge < -0.3 is 15.2 Å². The molecule has 2 aliphatic carbocycles. The highest BCUT2D eigenvalue weighted by Crippen LogP contribution is 2.26. The summed E-state index contributed by atoms with van der Waals surface area (Å²) in [5.74, 6) is 0.933. The smallest absolute Gasteiger partial charge is 0.119 e. The van der Waals surface area contributed by atoms with Crippen LogP contribution in [0.25, 0.3) is 0 Å². The van der Waals surface area contributed by atoms with Crippen LogP contribution in [-0.4, -0.2) is 29.9 Å². The second-order valence-corrected chi connectivity index (χ2v) is 6.56. The number of benzene rings is 1. The van der Waals surface area contributed by atoms with E-state index >= 15 is 0 Å². The summed E-state index contributed by atoms with van der Waals surface area (Å²) in [6, 6.07) is 7.02. The fourth-order valence-electron chi connectivity index (χ4n) is 2.90. The number of aliphatic hydroxyl groups excluding tert-OH is 1. The molecular weight excluding hydrogens is 250 g/mol. The predicted molar refractivity (Wildman–Crippen MR) is 80.2 cm³/mol. The zero-order valence-electron chi connectivity index (χ0n) is 12.3. The SMILES string of the molecule is CC(CO)(COc1ccc2c(c1)CCCC2)NC1CC1. The molecule has 3 heteroatoms. The average Bonchev–Trinajstić information content (AvgIpc) is 3.29. The Bertz CT molecular complexity index is 470. The van der Waals surface area contributed by atoms with Crippen molar-refractivity contribution < 1.29 is 9.84 Å². The summed E-state index contributed by atoms with van der Waals surface area (Å²) in [4.78, 5) is 0. The van der Waals surface area contributed by atoms with Crippen molar-refractivity contribution in [1.82, 2.24) is 5.32 Å². The molecule has 0 bridgehead atoms. The predicted octanol–water partition coefficient (Wildman–Crippen LogP) is 2.45. The van der Waals surface area contributed by atoms with Gasteiger partial charge in [0.25, 0.3) is 0 Å². The molecule has 0 aromatic heterocycles. The van der Waals surface area contributed by atoms with E-state index in [2.05, 4.69) is 23.5 Å². The Morgan fingerprint density at radius 2 is 2.00 bits per heavy atom. The molecule has 0 saturated heterocycles. The molecule has 0 aliphatic heterocycles. The second-order valence-electron chi connectivity index (χ2n) is 6.56. The summed E-state index contributed by atoms with van der Waals surface area (Å²) in [6.45, 7) is 2.65. The van der Waals surface area contributed by atoms with Gasteiger partial charge in [0.2, 0.25) is 0 Å². The molecule has 3 nitrogen and oxygen atoms in total. The Labute approximate surface area is 121 Å². The molecule has 0 radical (unpaired) electrons. The van der Waals surface area contributed by atoms with Gasteiger partial charge in [-0.2, -0.15) is 0 Å². The molecule has 0 amide bonds. The van der Waals surface area contributed by atoms with Crippen molar-refractivity contribution in [2.75, 3.05) is 13.2 Å². The van der Waals surface area contributed by atoms with Crippen LogP contribution < -0.4 is 10.1 Å². The van der Waals surface area contributed by atoms with Gasteiger partial charge in [-0.3, -0.25) is 0 Å². The van der Waals surface area contributed by atoms with Crippen LogP contribution in [0.3, 0.4) is 0 Å². The van der Waals surface area contributed by atoms with Crippen molar-refractivity contribution in [3.05, 3.63) is 29.3 Å². The van der Waals surface area contributed by atoms with E-state index in [0.717, 1.165) is 5.75 Å². The summed E-state index contributed by atoms with van der Waals surface area (Å²) in [7, 11) is 0. The fourth-order valence-corrected chi connectivity index (χ4v) is 2.90. The summed E-state index contributed by atoms with van der Waals surface area (Å²) in [6.07, 6.45) is 7.40. The van der Waals surface area contributed by atoms with Crippen molar-refractivity contribution in [3.63, 3.8) is 0 Å². The van der Waals surface area contributed by atoms with Crippen LogP contribution in [0.15, 0.2) is 18.2 Å². The van der Waals surface area contributed by atoms with Crippen LogP contribution in [0.5, 0.6) is 5.75 Å². The summed E-state index contributed by atoms with van der Waals surface area (Å²) in [5.41, 5.74) is 2.58. The molecule has 20 heavy (non-hydrogen) atoms. The molecule has 3 rings (SSSR count). The highest BCUT2D eigenvalue weighted by molar-refractivity contribution is 5.37. The molecule has 2 aliphatic rings. The molecule has 1 aromatic rings. The van der Waals surface area contributed by atoms with Crippen molar-refractivity contribution in [3.8, 4) is 5.75 Å². The molecule has 1 aromatic carbocycles. The Balaban J connectivity index is 1.62. The number of aliphatic hydroxyl groups is 1. The zero-order chi connectivity index (χ0) is 14.0. The van der Waals surface area contributed by atoms with Gasteiger partial charge in [0, 0.05) is 6.04 Å². The van der Waals surface area contributed by atoms with Gasteiger partial charge in [-0.05, 0) is 68.7 Å². The number of ether oxygens (including phenoxy) is 1. The Morgan fingerprint density at radius 3 is 2.70 bits per heavy atom. The monoisotopic (exact) mass is 275 g/mol. The number of aryl methyl sites for hydroxylation is 2. The van der Waals surface area contributed by atoms with E-state index < -0.39 is 0 Å². The molecular formula is C17H25NO2. The average molecular weight is 275 g/mol. The maximum Gasteiger partial charge on any atom is 0.119 e. The van der Waals surface area contributed by atoms with E-state index in [4.69, 9.17) is 4.74 Å². The van der Waals surface area contributed by atoms with E-state index in [1.807, 2.05) is 6.92 Å². The summed E-state index contributed by atoms with van der Waals surface area (Å²) >= 11 is 0. The molecule has 1 saturated carbocycles. The fraction of sp³-hybridized carbons (Fsp3) is 0.647. The lowest BCUT2D eigenvalue weighted by molar-refractivity contribution is 0.114.